The Kier molecular flexibility index (Phi) is 5.45. The van der Waals surface area contributed by atoms with Crippen LogP contribution in [0.1, 0.15) is 0 Å². The Bertz CT molecular complexity index is 496. The maximum absolute atomic E-state index is 5.85. The van der Waals surface area contributed by atoms with Gasteiger partial charge in [-0.3, -0.25) is 0 Å². The molecule has 0 saturated heterocycles. The predicted octanol–water partition coefficient (Wildman–Crippen LogP) is 5.63. The third-order valence-corrected chi connectivity index (χ3v) is 4.57. The fourth-order valence-corrected chi connectivity index (χ4v) is 3.16. The maximum Gasteiger partial charge on any atom is 0.0406 e. The first-order valence-electron chi connectivity index (χ1n) is 5.31. The van der Waals surface area contributed by atoms with Gasteiger partial charge < -0.3 is 0 Å². The highest BCUT2D eigenvalue weighted by Crippen LogP contribution is 2.34. The van der Waals surface area contributed by atoms with Gasteiger partial charge in [0.1, 0.15) is 0 Å². The minimum Gasteiger partial charge on any atom is -0.171 e. The Balaban J connectivity index is 2.02. The van der Waals surface area contributed by atoms with Crippen LogP contribution in [-0.2, 0) is 0 Å². The summed E-state index contributed by atoms with van der Waals surface area (Å²) in [6.07, 6.45) is 0. The van der Waals surface area contributed by atoms with Gasteiger partial charge in [-0.25, -0.2) is 0 Å². The second kappa shape index (κ2) is 7.10. The minimum atomic E-state index is 0.716. The van der Waals surface area contributed by atoms with Crippen LogP contribution in [0.15, 0.2) is 63.4 Å². The molecule has 0 fully saturated rings. The van der Waals surface area contributed by atoms with Gasteiger partial charge in [-0.05, 0) is 48.5 Å². The number of hydrogen-bond acceptors (Lipinski definition) is 4. The number of nitrogens with zero attached hydrogens (tertiary/aromatic N) is 2. The summed E-state index contributed by atoms with van der Waals surface area (Å²) in [6, 6.07) is 15.1. The lowest BCUT2D eigenvalue weighted by Crippen LogP contribution is -1.95. The maximum atomic E-state index is 5.85. The molecule has 0 amide bonds. The van der Waals surface area contributed by atoms with Crippen LogP contribution < -0.4 is 0 Å². The smallest absolute Gasteiger partial charge is 0.0406 e. The molecule has 0 spiro atoms. The van der Waals surface area contributed by atoms with E-state index in [1.54, 1.807) is 3.82 Å². The molecule has 0 N–H and O–H groups in total. The van der Waals surface area contributed by atoms with Crippen LogP contribution in [0.4, 0.5) is 0 Å². The summed E-state index contributed by atoms with van der Waals surface area (Å²) in [5.74, 6) is 0. The largest absolute Gasteiger partial charge is 0.171 e. The zero-order valence-electron chi connectivity index (χ0n) is 9.79. The molecule has 2 aromatic carbocycles. The van der Waals surface area contributed by atoms with Crippen LogP contribution in [0.3, 0.4) is 0 Å². The van der Waals surface area contributed by atoms with Gasteiger partial charge in [-0.15, -0.1) is 0 Å². The second-order valence-electron chi connectivity index (χ2n) is 3.47. The molecule has 0 aliphatic heterocycles. The molecule has 0 saturated carbocycles. The van der Waals surface area contributed by atoms with Crippen molar-refractivity contribution >= 4 is 53.8 Å². The molecule has 0 aromatic heterocycles. The predicted molar refractivity (Wildman–Crippen MR) is 86.0 cm³/mol. The normalized spacial score (nSPS) is 10.2. The van der Waals surface area contributed by atoms with Crippen LogP contribution in [-0.4, -0.2) is 10.5 Å². The van der Waals surface area contributed by atoms with Crippen molar-refractivity contribution in [2.24, 2.45) is 5.10 Å². The average molecular weight is 329 g/mol. The van der Waals surface area contributed by atoms with Gasteiger partial charge in [0, 0.05) is 50.4 Å². The standard InChI is InChI=1S/C13H10Cl2N2S2/c1-16-17(18-12-6-2-10(14)3-7-12)19-13-8-4-11(15)5-9-13/h2-9H,1H2. The Morgan fingerprint density at radius 1 is 0.789 bits per heavy atom. The van der Waals surface area contributed by atoms with Gasteiger partial charge in [0.25, 0.3) is 0 Å². The summed E-state index contributed by atoms with van der Waals surface area (Å²) in [4.78, 5) is 2.08. The van der Waals surface area contributed by atoms with Crippen LogP contribution in [0.2, 0.25) is 10.0 Å². The van der Waals surface area contributed by atoms with Gasteiger partial charge >= 0.3 is 0 Å². The summed E-state index contributed by atoms with van der Waals surface area (Å²) in [5.41, 5.74) is 0. The van der Waals surface area contributed by atoms with E-state index in [1.165, 1.54) is 23.9 Å². The molecule has 19 heavy (non-hydrogen) atoms. The summed E-state index contributed by atoms with van der Waals surface area (Å²) in [5, 5.41) is 5.40. The van der Waals surface area contributed by atoms with Crippen molar-refractivity contribution in [3.63, 3.8) is 0 Å². The molecular weight excluding hydrogens is 319 g/mol. The van der Waals surface area contributed by atoms with E-state index < -0.39 is 0 Å². The van der Waals surface area contributed by atoms with E-state index in [0.29, 0.717) is 10.0 Å². The molecule has 0 radical (unpaired) electrons. The molecule has 0 atom stereocenters. The number of benzene rings is 2. The first-order valence-corrected chi connectivity index (χ1v) is 7.61. The monoisotopic (exact) mass is 328 g/mol. The third-order valence-electron chi connectivity index (χ3n) is 2.11. The van der Waals surface area contributed by atoms with Gasteiger partial charge in [-0.2, -0.15) is 8.92 Å². The van der Waals surface area contributed by atoms with E-state index in [2.05, 4.69) is 11.8 Å². The lowest BCUT2D eigenvalue weighted by atomic mass is 10.4. The van der Waals surface area contributed by atoms with Gasteiger partial charge in [0.15, 0.2) is 0 Å². The Labute approximate surface area is 131 Å². The fourth-order valence-electron chi connectivity index (χ4n) is 1.25. The Morgan fingerprint density at radius 2 is 1.16 bits per heavy atom. The third kappa shape index (κ3) is 4.66. The van der Waals surface area contributed by atoms with E-state index in [4.69, 9.17) is 23.2 Å². The highest BCUT2D eigenvalue weighted by molar-refractivity contribution is 8.12. The minimum absolute atomic E-state index is 0.716. The molecule has 2 rings (SSSR count). The molecule has 0 bridgehead atoms. The van der Waals surface area contributed by atoms with E-state index in [9.17, 15) is 0 Å². The quantitative estimate of drug-likeness (QED) is 0.402. The van der Waals surface area contributed by atoms with E-state index in [-0.39, 0.29) is 0 Å². The van der Waals surface area contributed by atoms with Crippen molar-refractivity contribution in [3.8, 4) is 0 Å². The summed E-state index contributed by atoms with van der Waals surface area (Å²) in [7, 11) is 0. The Hall–Kier alpha value is -0.810. The average Bonchev–Trinajstić information content (AvgIpc) is 2.43. The van der Waals surface area contributed by atoms with E-state index in [0.717, 1.165) is 9.79 Å². The van der Waals surface area contributed by atoms with Crippen LogP contribution in [0.25, 0.3) is 0 Å². The van der Waals surface area contributed by atoms with Crippen molar-refractivity contribution < 1.29 is 0 Å². The molecule has 2 aromatic rings. The zero-order valence-corrected chi connectivity index (χ0v) is 12.9. The highest BCUT2D eigenvalue weighted by atomic mass is 35.5. The number of rotatable bonds is 5. The van der Waals surface area contributed by atoms with Crippen molar-refractivity contribution in [3.05, 3.63) is 58.6 Å². The summed E-state index contributed by atoms with van der Waals surface area (Å²) < 4.78 is 1.73. The molecule has 0 aliphatic rings. The molecule has 2 nitrogen and oxygen atoms in total. The topological polar surface area (TPSA) is 15.6 Å². The number of hydrazone groups is 1. The molecule has 0 unspecified atom stereocenters. The van der Waals surface area contributed by atoms with Crippen LogP contribution in [0.5, 0.6) is 0 Å². The Morgan fingerprint density at radius 3 is 1.47 bits per heavy atom. The van der Waals surface area contributed by atoms with Crippen molar-refractivity contribution in [2.75, 3.05) is 0 Å². The lowest BCUT2D eigenvalue weighted by molar-refractivity contribution is 0.828. The zero-order chi connectivity index (χ0) is 13.7. The highest BCUT2D eigenvalue weighted by Gasteiger charge is 2.06. The van der Waals surface area contributed by atoms with Crippen LogP contribution in [0, 0.1) is 0 Å². The van der Waals surface area contributed by atoms with E-state index >= 15 is 0 Å². The van der Waals surface area contributed by atoms with Gasteiger partial charge in [0.05, 0.1) is 0 Å². The first kappa shape index (κ1) is 14.6. The molecule has 0 heterocycles. The molecule has 0 aliphatic carbocycles. The SMILES string of the molecule is C=NN(Sc1ccc(Cl)cc1)Sc1ccc(Cl)cc1. The number of halogens is 2. The van der Waals surface area contributed by atoms with Crippen molar-refractivity contribution in [2.45, 2.75) is 9.79 Å². The van der Waals surface area contributed by atoms with Gasteiger partial charge in [0.2, 0.25) is 0 Å². The van der Waals surface area contributed by atoms with Crippen molar-refractivity contribution in [1.82, 2.24) is 3.82 Å². The summed E-state index contributed by atoms with van der Waals surface area (Å²) >= 11 is 14.6. The fraction of sp³-hybridized carbons (Fsp3) is 0. The van der Waals surface area contributed by atoms with Gasteiger partial charge in [-0.1, -0.05) is 23.2 Å². The molecular formula is C13H10Cl2N2S2. The molecule has 6 heteroatoms. The van der Waals surface area contributed by atoms with Crippen molar-refractivity contribution in [1.29, 1.82) is 0 Å². The lowest BCUT2D eigenvalue weighted by Gasteiger charge is -2.15. The van der Waals surface area contributed by atoms with Crippen LogP contribution >= 0.6 is 47.1 Å². The first-order chi connectivity index (χ1) is 9.17. The second-order valence-corrected chi connectivity index (χ2v) is 6.57. The molecule has 98 valence electrons. The summed E-state index contributed by atoms with van der Waals surface area (Å²) in [6.45, 7) is 3.57. The van der Waals surface area contributed by atoms with E-state index in [1.807, 2.05) is 48.5 Å². The number of hydrogen-bond donors (Lipinski definition) is 0.